The van der Waals surface area contributed by atoms with Gasteiger partial charge in [-0.25, -0.2) is 4.98 Å². The van der Waals surface area contributed by atoms with Gasteiger partial charge in [0.15, 0.2) is 0 Å². The van der Waals surface area contributed by atoms with Crippen LogP contribution in [0.2, 0.25) is 0 Å². The van der Waals surface area contributed by atoms with Crippen molar-refractivity contribution in [3.05, 3.63) is 28.7 Å². The van der Waals surface area contributed by atoms with Gasteiger partial charge < -0.3 is 5.32 Å². The Morgan fingerprint density at radius 2 is 2.47 bits per heavy atom. The van der Waals surface area contributed by atoms with Gasteiger partial charge in [0.05, 0.1) is 16.7 Å². The highest BCUT2D eigenvalue weighted by Gasteiger charge is 2.12. The molecule has 0 aliphatic rings. The van der Waals surface area contributed by atoms with Crippen molar-refractivity contribution in [3.8, 4) is 0 Å². The fourth-order valence-corrected chi connectivity index (χ4v) is 2.27. The molecule has 0 fully saturated rings. The summed E-state index contributed by atoms with van der Waals surface area (Å²) < 4.78 is 0. The maximum atomic E-state index is 4.54. The molecule has 1 unspecified atom stereocenters. The molecule has 2 nitrogen and oxygen atoms in total. The van der Waals surface area contributed by atoms with Crippen LogP contribution in [0.4, 0.5) is 0 Å². The fourth-order valence-electron chi connectivity index (χ4n) is 1.61. The Morgan fingerprint density at radius 3 is 3.00 bits per heavy atom. The Morgan fingerprint density at radius 1 is 1.67 bits per heavy atom. The third kappa shape index (κ3) is 4.14. The van der Waals surface area contributed by atoms with E-state index in [0.29, 0.717) is 6.04 Å². The van der Waals surface area contributed by atoms with E-state index in [9.17, 15) is 0 Å². The molecule has 0 amide bonds. The lowest BCUT2D eigenvalue weighted by atomic mass is 10.1. The molecule has 84 valence electrons. The van der Waals surface area contributed by atoms with Crippen molar-refractivity contribution >= 4 is 11.3 Å². The van der Waals surface area contributed by atoms with Gasteiger partial charge in [-0.05, 0) is 32.7 Å². The van der Waals surface area contributed by atoms with E-state index in [0.717, 1.165) is 24.4 Å². The summed E-state index contributed by atoms with van der Waals surface area (Å²) in [6.45, 7) is 8.94. The quantitative estimate of drug-likeness (QED) is 0.567. The number of nitrogens with one attached hydrogen (secondary N) is 1. The van der Waals surface area contributed by atoms with Crippen molar-refractivity contribution in [3.63, 3.8) is 0 Å². The number of hydrogen-bond donors (Lipinski definition) is 1. The molecule has 1 aromatic heterocycles. The highest BCUT2D eigenvalue weighted by Crippen LogP contribution is 2.21. The van der Waals surface area contributed by atoms with Gasteiger partial charge in [0.2, 0.25) is 0 Å². The van der Waals surface area contributed by atoms with Crippen LogP contribution in [-0.2, 0) is 0 Å². The second kappa shape index (κ2) is 6.75. The second-order valence-corrected chi connectivity index (χ2v) is 4.68. The molecule has 1 N–H and O–H groups in total. The first-order chi connectivity index (χ1) is 7.27. The first-order valence-corrected chi connectivity index (χ1v) is 6.42. The molecule has 0 aromatic carbocycles. The molecule has 0 aliphatic heterocycles. The van der Waals surface area contributed by atoms with Crippen LogP contribution in [-0.4, -0.2) is 11.5 Å². The van der Waals surface area contributed by atoms with Crippen molar-refractivity contribution in [2.45, 2.75) is 39.2 Å². The Labute approximate surface area is 96.4 Å². The molecule has 3 heteroatoms. The van der Waals surface area contributed by atoms with E-state index in [1.54, 1.807) is 11.3 Å². The van der Waals surface area contributed by atoms with Crippen LogP contribution in [0.5, 0.6) is 0 Å². The Kier molecular flexibility index (Phi) is 5.58. The lowest BCUT2D eigenvalue weighted by Crippen LogP contribution is -2.21. The number of nitrogens with zero attached hydrogens (tertiary/aromatic N) is 1. The van der Waals surface area contributed by atoms with Crippen LogP contribution >= 0.6 is 11.3 Å². The van der Waals surface area contributed by atoms with E-state index in [1.165, 1.54) is 12.1 Å². The van der Waals surface area contributed by atoms with Crippen LogP contribution < -0.4 is 5.32 Å². The molecule has 0 spiro atoms. The van der Waals surface area contributed by atoms with Gasteiger partial charge in [0.25, 0.3) is 0 Å². The van der Waals surface area contributed by atoms with E-state index in [4.69, 9.17) is 0 Å². The number of aromatic nitrogens is 1. The fraction of sp³-hybridized carbons (Fsp3) is 0.583. The highest BCUT2D eigenvalue weighted by molar-refractivity contribution is 7.09. The summed E-state index contributed by atoms with van der Waals surface area (Å²) in [5.74, 6) is 0. The summed E-state index contributed by atoms with van der Waals surface area (Å²) in [5, 5.41) is 6.79. The minimum Gasteiger partial charge on any atom is -0.309 e. The summed E-state index contributed by atoms with van der Waals surface area (Å²) >= 11 is 1.73. The average molecular weight is 224 g/mol. The SMILES string of the molecule is C=CCCCC(NCC)c1csc(C)n1. The topological polar surface area (TPSA) is 24.9 Å². The van der Waals surface area contributed by atoms with Gasteiger partial charge in [0.1, 0.15) is 0 Å². The summed E-state index contributed by atoms with van der Waals surface area (Å²) in [6, 6.07) is 0.417. The van der Waals surface area contributed by atoms with Crippen molar-refractivity contribution in [2.75, 3.05) is 6.54 Å². The van der Waals surface area contributed by atoms with Gasteiger partial charge in [-0.3, -0.25) is 0 Å². The van der Waals surface area contributed by atoms with Crippen molar-refractivity contribution in [2.24, 2.45) is 0 Å². The molecule has 0 saturated carbocycles. The van der Waals surface area contributed by atoms with Gasteiger partial charge >= 0.3 is 0 Å². The van der Waals surface area contributed by atoms with Gasteiger partial charge in [-0.2, -0.15) is 0 Å². The predicted molar refractivity (Wildman–Crippen MR) is 67.3 cm³/mol. The van der Waals surface area contributed by atoms with Gasteiger partial charge in [0, 0.05) is 5.38 Å². The Hall–Kier alpha value is -0.670. The lowest BCUT2D eigenvalue weighted by Gasteiger charge is -2.14. The Balaban J connectivity index is 2.52. The molecule has 0 aliphatic carbocycles. The number of rotatable bonds is 7. The predicted octanol–water partition coefficient (Wildman–Crippen LogP) is 3.46. The zero-order valence-corrected chi connectivity index (χ0v) is 10.4. The minimum absolute atomic E-state index is 0.417. The smallest absolute Gasteiger partial charge is 0.0898 e. The number of hydrogen-bond acceptors (Lipinski definition) is 3. The molecule has 1 atom stereocenters. The summed E-state index contributed by atoms with van der Waals surface area (Å²) in [4.78, 5) is 4.54. The molecule has 0 bridgehead atoms. The van der Waals surface area contributed by atoms with Crippen molar-refractivity contribution in [1.29, 1.82) is 0 Å². The number of aryl methyl sites for hydroxylation is 1. The number of thiazole rings is 1. The van der Waals surface area contributed by atoms with Crippen LogP contribution in [0, 0.1) is 6.92 Å². The van der Waals surface area contributed by atoms with Crippen molar-refractivity contribution in [1.82, 2.24) is 10.3 Å². The second-order valence-electron chi connectivity index (χ2n) is 3.62. The highest BCUT2D eigenvalue weighted by atomic mass is 32.1. The zero-order valence-electron chi connectivity index (χ0n) is 9.62. The standard InChI is InChI=1S/C12H20N2S/c1-4-6-7-8-11(13-5-2)12-9-15-10(3)14-12/h4,9,11,13H,1,5-8H2,2-3H3. The molecular formula is C12H20N2S. The summed E-state index contributed by atoms with van der Waals surface area (Å²) in [7, 11) is 0. The first-order valence-electron chi connectivity index (χ1n) is 5.54. The van der Waals surface area contributed by atoms with Crippen molar-refractivity contribution < 1.29 is 0 Å². The van der Waals surface area contributed by atoms with Crippen LogP contribution in [0.25, 0.3) is 0 Å². The maximum absolute atomic E-state index is 4.54. The third-order valence-electron chi connectivity index (χ3n) is 2.35. The first kappa shape index (κ1) is 12.4. The third-order valence-corrected chi connectivity index (χ3v) is 3.14. The average Bonchev–Trinajstić information content (AvgIpc) is 2.64. The number of allylic oxidation sites excluding steroid dienone is 1. The van der Waals surface area contributed by atoms with Gasteiger partial charge in [-0.1, -0.05) is 13.0 Å². The molecular weight excluding hydrogens is 204 g/mol. The van der Waals surface area contributed by atoms with Crippen LogP contribution in [0.1, 0.15) is 42.9 Å². The van der Waals surface area contributed by atoms with Crippen LogP contribution in [0.15, 0.2) is 18.0 Å². The van der Waals surface area contributed by atoms with E-state index in [-0.39, 0.29) is 0 Å². The van der Waals surface area contributed by atoms with E-state index in [2.05, 4.69) is 36.1 Å². The normalized spacial score (nSPS) is 12.7. The molecule has 0 radical (unpaired) electrons. The molecule has 15 heavy (non-hydrogen) atoms. The molecule has 1 rings (SSSR count). The minimum atomic E-state index is 0.417. The van der Waals surface area contributed by atoms with E-state index < -0.39 is 0 Å². The molecule has 0 saturated heterocycles. The summed E-state index contributed by atoms with van der Waals surface area (Å²) in [5.41, 5.74) is 1.20. The lowest BCUT2D eigenvalue weighted by molar-refractivity contribution is 0.491. The van der Waals surface area contributed by atoms with Crippen LogP contribution in [0.3, 0.4) is 0 Å². The zero-order chi connectivity index (χ0) is 11.1. The number of unbranched alkanes of at least 4 members (excludes halogenated alkanes) is 1. The maximum Gasteiger partial charge on any atom is 0.0898 e. The molecule has 1 aromatic rings. The Bertz CT molecular complexity index is 294. The van der Waals surface area contributed by atoms with Gasteiger partial charge in [-0.15, -0.1) is 17.9 Å². The summed E-state index contributed by atoms with van der Waals surface area (Å²) in [6.07, 6.45) is 5.39. The molecule has 1 heterocycles. The largest absolute Gasteiger partial charge is 0.309 e. The van der Waals surface area contributed by atoms with E-state index in [1.807, 2.05) is 6.08 Å². The van der Waals surface area contributed by atoms with E-state index >= 15 is 0 Å². The monoisotopic (exact) mass is 224 g/mol.